The number of carbonyl (C=O) groups excluding carboxylic acids is 1. The third kappa shape index (κ3) is 8.77. The van der Waals surface area contributed by atoms with Crippen molar-refractivity contribution in [1.82, 2.24) is 0 Å². The number of rotatable bonds is 6. The molecule has 1 amide bonds. The summed E-state index contributed by atoms with van der Waals surface area (Å²) in [5, 5.41) is 19.6. The molecule has 0 spiro atoms. The van der Waals surface area contributed by atoms with Gasteiger partial charge in [-0.25, -0.2) is 9.59 Å². The maximum absolute atomic E-state index is 13.1. The second-order valence-corrected chi connectivity index (χ2v) is 9.04. The van der Waals surface area contributed by atoms with E-state index >= 15 is 0 Å². The lowest BCUT2D eigenvalue weighted by atomic mass is 10.1. The molecule has 0 bridgehead atoms. The van der Waals surface area contributed by atoms with Crippen LogP contribution in [0.15, 0.2) is 66.7 Å². The molecule has 1 heterocycles. The zero-order chi connectivity index (χ0) is 31.9. The van der Waals surface area contributed by atoms with Crippen molar-refractivity contribution in [2.24, 2.45) is 0 Å². The van der Waals surface area contributed by atoms with E-state index < -0.39 is 35.8 Å². The van der Waals surface area contributed by atoms with E-state index in [-0.39, 0.29) is 5.56 Å². The van der Waals surface area contributed by atoms with E-state index in [4.69, 9.17) is 14.6 Å². The number of hydrogen-bond donors (Lipinski definition) is 3. The minimum absolute atomic E-state index is 0.0232. The lowest BCUT2D eigenvalue weighted by molar-refractivity contribution is -0.192. The molecule has 0 saturated carbocycles. The molecule has 0 atom stereocenters. The SMILES string of the molecule is COc1ccc(C(=O)Nc2ccc(N3CCN(c4cccc(C(F)(F)F)c4)CC3)c(C(=O)O)c2)cc1.O=C(O)C(F)(F)F. The molecule has 1 aliphatic rings. The van der Waals surface area contributed by atoms with Crippen LogP contribution in [0.3, 0.4) is 0 Å². The first-order chi connectivity index (χ1) is 20.1. The molecule has 0 aliphatic carbocycles. The molecule has 43 heavy (non-hydrogen) atoms. The van der Waals surface area contributed by atoms with Gasteiger partial charge in [-0.15, -0.1) is 0 Å². The normalized spacial score (nSPS) is 13.5. The first-order valence-corrected chi connectivity index (χ1v) is 12.4. The fourth-order valence-corrected chi connectivity index (χ4v) is 4.09. The van der Waals surface area contributed by atoms with Gasteiger partial charge < -0.3 is 30.1 Å². The third-order valence-corrected chi connectivity index (χ3v) is 6.24. The highest BCUT2D eigenvalue weighted by Gasteiger charge is 2.38. The van der Waals surface area contributed by atoms with Gasteiger partial charge in [-0.05, 0) is 60.7 Å². The molecule has 3 aromatic rings. The number of carboxylic acid groups (broad SMARTS) is 2. The number of carboxylic acids is 2. The number of amides is 1. The van der Waals surface area contributed by atoms with E-state index in [0.29, 0.717) is 54.6 Å². The van der Waals surface area contributed by atoms with Crippen LogP contribution >= 0.6 is 0 Å². The number of aromatic carboxylic acids is 1. The molecule has 1 saturated heterocycles. The van der Waals surface area contributed by atoms with Gasteiger partial charge in [0.2, 0.25) is 0 Å². The van der Waals surface area contributed by atoms with Crippen LogP contribution in [0.5, 0.6) is 5.75 Å². The number of halogens is 6. The quantitative estimate of drug-likeness (QED) is 0.307. The van der Waals surface area contributed by atoms with Crippen LogP contribution in [0.1, 0.15) is 26.3 Å². The van der Waals surface area contributed by atoms with E-state index in [0.717, 1.165) is 12.1 Å². The van der Waals surface area contributed by atoms with Crippen molar-refractivity contribution in [1.29, 1.82) is 0 Å². The third-order valence-electron chi connectivity index (χ3n) is 6.24. The molecule has 1 aliphatic heterocycles. The van der Waals surface area contributed by atoms with Crippen LogP contribution in [0.25, 0.3) is 0 Å². The van der Waals surface area contributed by atoms with Gasteiger partial charge in [0.1, 0.15) is 5.75 Å². The smallest absolute Gasteiger partial charge is 0.490 e. The van der Waals surface area contributed by atoms with Crippen molar-refractivity contribution < 1.29 is 55.7 Å². The van der Waals surface area contributed by atoms with E-state index in [9.17, 15) is 41.0 Å². The Morgan fingerprint density at radius 3 is 1.91 bits per heavy atom. The Balaban J connectivity index is 0.000000646. The Labute approximate surface area is 240 Å². The molecule has 9 nitrogen and oxygen atoms in total. The monoisotopic (exact) mass is 613 g/mol. The van der Waals surface area contributed by atoms with Crippen molar-refractivity contribution in [2.75, 3.05) is 48.4 Å². The van der Waals surface area contributed by atoms with Crippen LogP contribution in [0.4, 0.5) is 43.4 Å². The van der Waals surface area contributed by atoms with Crippen LogP contribution < -0.4 is 19.9 Å². The minimum Gasteiger partial charge on any atom is -0.497 e. The number of benzene rings is 3. The number of methoxy groups -OCH3 is 1. The highest BCUT2D eigenvalue weighted by Crippen LogP contribution is 2.33. The molecule has 1 fully saturated rings. The van der Waals surface area contributed by atoms with Crippen LogP contribution in [-0.4, -0.2) is 67.5 Å². The number of piperazine rings is 1. The molecule has 3 N–H and O–H groups in total. The predicted molar refractivity (Wildman–Crippen MR) is 144 cm³/mol. The Morgan fingerprint density at radius 2 is 1.40 bits per heavy atom. The molecule has 230 valence electrons. The second kappa shape index (κ2) is 13.4. The average molecular weight is 614 g/mol. The van der Waals surface area contributed by atoms with Gasteiger partial charge >= 0.3 is 24.3 Å². The number of anilines is 3. The predicted octanol–water partition coefficient (Wildman–Crippen LogP) is 5.62. The van der Waals surface area contributed by atoms with Crippen LogP contribution in [0.2, 0.25) is 0 Å². The first-order valence-electron chi connectivity index (χ1n) is 12.4. The van der Waals surface area contributed by atoms with Gasteiger partial charge in [-0.3, -0.25) is 4.79 Å². The van der Waals surface area contributed by atoms with Crippen LogP contribution in [0, 0.1) is 0 Å². The Kier molecular flexibility index (Phi) is 10.1. The number of ether oxygens (including phenoxy) is 1. The average Bonchev–Trinajstić information content (AvgIpc) is 2.96. The van der Waals surface area contributed by atoms with Gasteiger partial charge in [0.15, 0.2) is 0 Å². The van der Waals surface area contributed by atoms with Crippen molar-refractivity contribution in [3.05, 3.63) is 83.4 Å². The Hall–Kier alpha value is -4.95. The fraction of sp³-hybridized carbons (Fsp3) is 0.250. The molecule has 0 radical (unpaired) electrons. The van der Waals surface area contributed by atoms with E-state index in [1.807, 2.05) is 9.80 Å². The van der Waals surface area contributed by atoms with Crippen LogP contribution in [-0.2, 0) is 11.0 Å². The molecular weight excluding hydrogens is 588 g/mol. The van der Waals surface area contributed by atoms with E-state index in [1.165, 1.54) is 19.2 Å². The number of alkyl halides is 6. The summed E-state index contributed by atoms with van der Waals surface area (Å²) < 4.78 is 76.0. The fourth-order valence-electron chi connectivity index (χ4n) is 4.09. The van der Waals surface area contributed by atoms with E-state index in [2.05, 4.69) is 5.32 Å². The second-order valence-electron chi connectivity index (χ2n) is 9.04. The maximum Gasteiger partial charge on any atom is 0.490 e. The zero-order valence-electron chi connectivity index (χ0n) is 22.4. The van der Waals surface area contributed by atoms with Gasteiger partial charge in [0.25, 0.3) is 5.91 Å². The van der Waals surface area contributed by atoms with Crippen molar-refractivity contribution >= 4 is 34.9 Å². The van der Waals surface area contributed by atoms with Gasteiger partial charge in [0.05, 0.1) is 23.9 Å². The summed E-state index contributed by atoms with van der Waals surface area (Å²) in [6.45, 7) is 1.70. The standard InChI is InChI=1S/C26H24F3N3O4.C2HF3O2/c1-36-21-8-5-17(6-9-21)24(33)30-19-7-10-23(22(16-19)25(34)35)32-13-11-31(12-14-32)20-4-2-3-18(15-20)26(27,28)29;3-2(4,5)1(6)7/h2-10,15-16H,11-14H2,1H3,(H,30,33)(H,34,35);(H,6,7). The topological polar surface area (TPSA) is 119 Å². The molecule has 3 aromatic carbocycles. The lowest BCUT2D eigenvalue weighted by Crippen LogP contribution is -2.47. The highest BCUT2D eigenvalue weighted by molar-refractivity contribution is 6.05. The Bertz CT molecular complexity index is 1450. The number of nitrogens with one attached hydrogen (secondary N) is 1. The summed E-state index contributed by atoms with van der Waals surface area (Å²) in [6.07, 6.45) is -9.50. The summed E-state index contributed by atoms with van der Waals surface area (Å²) in [5.41, 5.74) is 0.994. The molecular formula is C28H25F6N3O6. The summed E-state index contributed by atoms with van der Waals surface area (Å²) in [7, 11) is 1.52. The molecule has 15 heteroatoms. The van der Waals surface area contributed by atoms with Crippen molar-refractivity contribution in [3.63, 3.8) is 0 Å². The van der Waals surface area contributed by atoms with Gasteiger partial charge in [0, 0.05) is 43.1 Å². The van der Waals surface area contributed by atoms with Gasteiger partial charge in [-0.2, -0.15) is 26.3 Å². The Morgan fingerprint density at radius 1 is 0.814 bits per heavy atom. The highest BCUT2D eigenvalue weighted by atomic mass is 19.4. The summed E-state index contributed by atoms with van der Waals surface area (Å²) in [6, 6.07) is 16.3. The largest absolute Gasteiger partial charge is 0.497 e. The molecule has 0 unspecified atom stereocenters. The zero-order valence-corrected chi connectivity index (χ0v) is 22.4. The van der Waals surface area contributed by atoms with E-state index in [1.54, 1.807) is 42.5 Å². The minimum atomic E-state index is -5.08. The van der Waals surface area contributed by atoms with Crippen molar-refractivity contribution in [2.45, 2.75) is 12.4 Å². The molecule has 4 rings (SSSR count). The molecule has 0 aromatic heterocycles. The maximum atomic E-state index is 13.1. The lowest BCUT2D eigenvalue weighted by Gasteiger charge is -2.38. The van der Waals surface area contributed by atoms with Gasteiger partial charge in [-0.1, -0.05) is 6.07 Å². The number of nitrogens with zero attached hydrogens (tertiary/aromatic N) is 2. The number of aliphatic carboxylic acids is 1. The summed E-state index contributed by atoms with van der Waals surface area (Å²) in [4.78, 5) is 37.2. The summed E-state index contributed by atoms with van der Waals surface area (Å²) >= 11 is 0. The number of carbonyl (C=O) groups is 3. The van der Waals surface area contributed by atoms with Crippen molar-refractivity contribution in [3.8, 4) is 5.75 Å². The first kappa shape index (κ1) is 32.6. The summed E-state index contributed by atoms with van der Waals surface area (Å²) in [5.74, 6) is -3.69. The number of hydrogen-bond acceptors (Lipinski definition) is 6.